The van der Waals surface area contributed by atoms with Gasteiger partial charge < -0.3 is 0 Å². The van der Waals surface area contributed by atoms with Gasteiger partial charge in [-0.1, -0.05) is 0 Å². The van der Waals surface area contributed by atoms with E-state index < -0.39 is 13.0 Å². The van der Waals surface area contributed by atoms with Gasteiger partial charge in [-0.05, 0) is 0 Å². The average Bonchev–Trinajstić information content (AvgIpc) is 3.51. The van der Waals surface area contributed by atoms with Gasteiger partial charge in [0, 0.05) is 0 Å². The first kappa shape index (κ1) is 7.89. The second kappa shape index (κ2) is 0.542. The molecule has 2 heteroatoms. The van der Waals surface area contributed by atoms with Gasteiger partial charge in [-0.25, -0.2) is 0 Å². The molecule has 8 unspecified atom stereocenters. The van der Waals surface area contributed by atoms with Crippen LogP contribution in [0.3, 0.4) is 0 Å². The molecule has 0 bridgehead atoms. The molecule has 130 valence electrons. The van der Waals surface area contributed by atoms with Crippen molar-refractivity contribution in [3.8, 4) is 0 Å². The van der Waals surface area contributed by atoms with E-state index in [1.54, 1.807) is 86.7 Å². The van der Waals surface area contributed by atoms with Crippen LogP contribution in [0.2, 0.25) is 95.3 Å². The zero-order chi connectivity index (χ0) is 14.3. The van der Waals surface area contributed by atoms with Crippen LogP contribution in [0.5, 0.6) is 0 Å². The first-order valence-electron chi connectivity index (χ1n) is 11.9. The summed E-state index contributed by atoms with van der Waals surface area (Å²) < 4.78 is 2.34. The van der Waals surface area contributed by atoms with E-state index >= 15 is 0 Å². The molecule has 25 heavy (non-hydrogen) atoms. The van der Waals surface area contributed by atoms with Gasteiger partial charge in [0.25, 0.3) is 0 Å². The van der Waals surface area contributed by atoms with Crippen molar-refractivity contribution in [1.82, 2.24) is 0 Å². The molecule has 0 saturated carbocycles. The average molecular weight is 410 g/mol. The molecule has 0 amide bonds. The van der Waals surface area contributed by atoms with Crippen molar-refractivity contribution < 1.29 is 13.0 Å². The van der Waals surface area contributed by atoms with E-state index in [0.29, 0.717) is 0 Å². The summed E-state index contributed by atoms with van der Waals surface area (Å²) in [5, 5.41) is 0. The minimum absolute atomic E-state index is 1.17. The predicted molar refractivity (Wildman–Crippen MR) is 86.6 cm³/mol. The molecule has 0 nitrogen and oxygen atoms in total. The van der Waals surface area contributed by atoms with E-state index in [0.717, 1.165) is 0 Å². The van der Waals surface area contributed by atoms with Crippen LogP contribution in [0.15, 0.2) is 11.6 Å². The van der Waals surface area contributed by atoms with Crippen molar-refractivity contribution in [3.05, 3.63) is 11.6 Å². The second-order valence-electron chi connectivity index (χ2n) is 20.1. The van der Waals surface area contributed by atoms with Crippen molar-refractivity contribution >= 4 is 0 Å². The summed E-state index contributed by atoms with van der Waals surface area (Å²) in [4.78, 5) is 28.2. The summed E-state index contributed by atoms with van der Waals surface area (Å²) in [5.41, 5.74) is 2.50. The van der Waals surface area contributed by atoms with E-state index in [9.17, 15) is 0 Å². The van der Waals surface area contributed by atoms with Crippen LogP contribution in [0.4, 0.5) is 0 Å². The summed E-state index contributed by atoms with van der Waals surface area (Å²) in [6.45, 7) is -3.23. The van der Waals surface area contributed by atoms with Gasteiger partial charge in [-0.2, -0.15) is 0 Å². The van der Waals surface area contributed by atoms with Crippen LogP contribution in [0, 0.1) is 0 Å². The second-order valence-corrected chi connectivity index (χ2v) is 67.2. The quantitative estimate of drug-likeness (QED) is 0.328. The third-order valence-electron chi connectivity index (χ3n) is 30.5. The Hall–Kier alpha value is 0.779. The first-order valence-corrected chi connectivity index (χ1v) is 24.5. The van der Waals surface area contributed by atoms with Gasteiger partial charge in [0.15, 0.2) is 0 Å². The van der Waals surface area contributed by atoms with Gasteiger partial charge in [0.2, 0.25) is 0 Å². The summed E-state index contributed by atoms with van der Waals surface area (Å²) >= 11 is 0. The molecular formula is C23H22Fe2. The number of fused-ring (bicyclic) bond motifs is 20. The molecule has 0 N–H and O–H groups in total. The molecule has 20 heterocycles. The van der Waals surface area contributed by atoms with Crippen LogP contribution in [0.1, 0.15) is 6.92 Å². The number of hydrogen-bond acceptors (Lipinski definition) is 0. The molecule has 20 fully saturated rings. The molecule has 20 saturated heterocycles. The number of allylic oxidation sites excluding steroid dienone is 2. The van der Waals surface area contributed by atoms with Crippen molar-refractivity contribution in [1.29, 1.82) is 0 Å². The zero-order valence-corrected chi connectivity index (χ0v) is 16.4. The summed E-state index contributed by atoms with van der Waals surface area (Å²) in [7, 11) is 0. The van der Waals surface area contributed by atoms with Crippen molar-refractivity contribution in [2.75, 3.05) is 0 Å². The Kier molecular flexibility index (Phi) is 0.171. The zero-order valence-electron chi connectivity index (χ0n) is 14.2. The maximum atomic E-state index is 3.00. The topological polar surface area (TPSA) is 0 Å². The van der Waals surface area contributed by atoms with Crippen molar-refractivity contribution in [2.24, 2.45) is 0 Å². The summed E-state index contributed by atoms with van der Waals surface area (Å²) in [6.07, 6.45) is 3.00. The van der Waals surface area contributed by atoms with E-state index in [1.807, 2.05) is 0 Å². The van der Waals surface area contributed by atoms with E-state index in [2.05, 4.69) is 18.6 Å². The molecule has 20 aliphatic rings. The monoisotopic (exact) mass is 410 g/mol. The van der Waals surface area contributed by atoms with E-state index in [1.165, 1.54) is 8.63 Å². The third-order valence-corrected chi connectivity index (χ3v) is 115. The molecule has 0 aliphatic carbocycles. The summed E-state index contributed by atoms with van der Waals surface area (Å²) in [5.74, 6) is 0. The molecule has 2 spiro atoms. The normalized spacial score (nSPS) is 158. The molecule has 8 atom stereocenters. The number of hydrogen-bond donors (Lipinski definition) is 0. The maximum absolute atomic E-state index is 3.00. The van der Waals surface area contributed by atoms with Crippen LogP contribution in [0.25, 0.3) is 0 Å². The Morgan fingerprint density at radius 1 is 0.520 bits per heavy atom. The molecular weight excluding hydrogens is 388 g/mol. The standard InChI is InChI=1S/C13H12.2C5H5.2Fe/c1-2-13(11-7-3-4-8-11)12-9-5-6-10-12;2*1-2-4-5-3-1;;/h2-10H,1H3;2*1-5H;;. The molecule has 20 rings (SSSR count). The molecule has 20 aliphatic heterocycles. The number of rotatable bonds is 2. The predicted octanol–water partition coefficient (Wildman–Crippen LogP) is 7.45. The fraction of sp³-hybridized carbons (Fsp3) is 0.913. The van der Waals surface area contributed by atoms with Gasteiger partial charge >= 0.3 is 127 Å². The van der Waals surface area contributed by atoms with Gasteiger partial charge in [0.1, 0.15) is 0 Å². The Labute approximate surface area is 126 Å². The van der Waals surface area contributed by atoms with Crippen LogP contribution in [-0.4, -0.2) is 0 Å². The SMILES string of the molecule is CC=C([C]12[CH]3[CH]4[CH]5[CH]1[Fe]45321678[CH]2[CH]1[CH]6[CH]7[CH]28)[C]12[CH]3[CH]4[CH]5[CH]1[Fe]45321678[CH]2[CH]1[CH]6[CH]7[CH]28. The summed E-state index contributed by atoms with van der Waals surface area (Å²) in [6, 6.07) is 0. The fourth-order valence-corrected chi connectivity index (χ4v) is 183. The Bertz CT molecular complexity index is 1790. The van der Waals surface area contributed by atoms with Gasteiger partial charge in [-0.3, -0.25) is 0 Å². The molecule has 0 aromatic heterocycles. The molecule has 0 aromatic rings. The van der Waals surface area contributed by atoms with Crippen LogP contribution < -0.4 is 0 Å². The Morgan fingerprint density at radius 2 is 0.800 bits per heavy atom. The first-order chi connectivity index (χ1) is 11.8. The molecule has 0 aromatic carbocycles. The van der Waals surface area contributed by atoms with Gasteiger partial charge in [-0.15, -0.1) is 0 Å². The van der Waals surface area contributed by atoms with Crippen LogP contribution >= 0.6 is 0 Å². The Morgan fingerprint density at radius 3 is 0.920 bits per heavy atom. The Balaban J connectivity index is 1.20. The van der Waals surface area contributed by atoms with Crippen molar-refractivity contribution in [3.63, 3.8) is 0 Å². The fourth-order valence-electron chi connectivity index (χ4n) is 34.6. The third kappa shape index (κ3) is 0.0662. The van der Waals surface area contributed by atoms with Crippen LogP contribution in [-0.2, 0) is 13.0 Å². The van der Waals surface area contributed by atoms with E-state index in [4.69, 9.17) is 0 Å². The minimum atomic E-state index is -2.93. The van der Waals surface area contributed by atoms with E-state index in [-0.39, 0.29) is 0 Å². The van der Waals surface area contributed by atoms with Crippen molar-refractivity contribution in [2.45, 2.75) is 102 Å². The van der Waals surface area contributed by atoms with Gasteiger partial charge in [0.05, 0.1) is 0 Å². The molecule has 0 radical (unpaired) electrons.